The fourth-order valence-electron chi connectivity index (χ4n) is 3.23. The number of benzene rings is 2. The number of hydrogen-bond acceptors (Lipinski definition) is 5. The minimum absolute atomic E-state index is 0.213. The molecular formula is C24H20ClN3O3. The van der Waals surface area contributed by atoms with E-state index in [-0.39, 0.29) is 11.8 Å². The first-order valence-corrected chi connectivity index (χ1v) is 10.1. The molecule has 0 saturated heterocycles. The van der Waals surface area contributed by atoms with Gasteiger partial charge < -0.3 is 9.26 Å². The van der Waals surface area contributed by atoms with Gasteiger partial charge in [0.15, 0.2) is 0 Å². The van der Waals surface area contributed by atoms with E-state index in [1.807, 2.05) is 55.5 Å². The lowest BCUT2D eigenvalue weighted by atomic mass is 9.99. The van der Waals surface area contributed by atoms with Crippen LogP contribution in [0.4, 0.5) is 5.88 Å². The van der Waals surface area contributed by atoms with Crippen LogP contribution in [-0.2, 0) is 4.79 Å². The van der Waals surface area contributed by atoms with E-state index >= 15 is 0 Å². The number of aromatic nitrogens is 2. The number of anilines is 1. The van der Waals surface area contributed by atoms with Gasteiger partial charge in [-0.3, -0.25) is 15.1 Å². The number of hydrogen-bond donors (Lipinski definition) is 1. The van der Waals surface area contributed by atoms with Crippen LogP contribution in [0, 0.1) is 0 Å². The molecule has 2 heterocycles. The maximum atomic E-state index is 12.9. The summed E-state index contributed by atoms with van der Waals surface area (Å²) < 4.78 is 10.8. The number of ether oxygens (including phenoxy) is 1. The Morgan fingerprint density at radius 1 is 1.00 bits per heavy atom. The Labute approximate surface area is 184 Å². The zero-order valence-corrected chi connectivity index (χ0v) is 17.8. The highest BCUT2D eigenvalue weighted by molar-refractivity contribution is 6.30. The van der Waals surface area contributed by atoms with Gasteiger partial charge >= 0.3 is 0 Å². The van der Waals surface area contributed by atoms with E-state index in [4.69, 9.17) is 20.9 Å². The van der Waals surface area contributed by atoms with Crippen molar-refractivity contribution < 1.29 is 14.1 Å². The summed E-state index contributed by atoms with van der Waals surface area (Å²) in [6, 6.07) is 18.4. The van der Waals surface area contributed by atoms with E-state index in [0.29, 0.717) is 16.3 Å². The summed E-state index contributed by atoms with van der Waals surface area (Å²) in [6.07, 6.45) is 3.37. The van der Waals surface area contributed by atoms with Crippen molar-refractivity contribution in [1.29, 1.82) is 0 Å². The molecule has 1 amide bonds. The molecule has 1 N–H and O–H groups in total. The Balaban J connectivity index is 1.69. The van der Waals surface area contributed by atoms with Crippen LogP contribution in [0.5, 0.6) is 5.75 Å². The van der Waals surface area contributed by atoms with Crippen LogP contribution in [0.1, 0.15) is 18.4 Å². The highest BCUT2D eigenvalue weighted by Gasteiger charge is 2.24. The average molecular weight is 434 g/mol. The van der Waals surface area contributed by atoms with E-state index < -0.39 is 5.92 Å². The monoisotopic (exact) mass is 433 g/mol. The molecule has 6 nitrogen and oxygen atoms in total. The summed E-state index contributed by atoms with van der Waals surface area (Å²) in [5, 5.41) is 7.76. The maximum Gasteiger partial charge on any atom is 0.239 e. The molecule has 7 heteroatoms. The lowest BCUT2D eigenvalue weighted by Crippen LogP contribution is -2.18. The third-order valence-electron chi connectivity index (χ3n) is 5.02. The number of nitrogens with one attached hydrogen (secondary N) is 1. The first-order chi connectivity index (χ1) is 15.1. The predicted octanol–water partition coefficient (Wildman–Crippen LogP) is 5.81. The number of rotatable bonds is 6. The molecule has 0 bridgehead atoms. The van der Waals surface area contributed by atoms with Crippen LogP contribution in [0.2, 0.25) is 5.02 Å². The van der Waals surface area contributed by atoms with Crippen molar-refractivity contribution >= 4 is 23.4 Å². The first kappa shape index (κ1) is 20.6. The summed E-state index contributed by atoms with van der Waals surface area (Å²) >= 11 is 5.96. The van der Waals surface area contributed by atoms with Crippen LogP contribution in [0.25, 0.3) is 22.4 Å². The molecule has 4 aromatic rings. The van der Waals surface area contributed by atoms with Crippen LogP contribution >= 0.6 is 11.6 Å². The number of halogens is 1. The van der Waals surface area contributed by atoms with Crippen LogP contribution in [0.3, 0.4) is 0 Å². The van der Waals surface area contributed by atoms with Gasteiger partial charge in [-0.05, 0) is 66.6 Å². The van der Waals surface area contributed by atoms with Gasteiger partial charge in [0, 0.05) is 23.0 Å². The number of carbonyl (C=O) groups is 1. The molecule has 0 radical (unpaired) electrons. The number of amides is 1. The van der Waals surface area contributed by atoms with Crippen molar-refractivity contribution in [3.05, 3.63) is 83.6 Å². The van der Waals surface area contributed by atoms with Gasteiger partial charge in [-0.1, -0.05) is 28.9 Å². The van der Waals surface area contributed by atoms with E-state index in [9.17, 15) is 4.79 Å². The minimum Gasteiger partial charge on any atom is -0.497 e. The van der Waals surface area contributed by atoms with Crippen molar-refractivity contribution in [3.63, 3.8) is 0 Å². The second-order valence-corrected chi connectivity index (χ2v) is 7.40. The predicted molar refractivity (Wildman–Crippen MR) is 120 cm³/mol. The Hall–Kier alpha value is -3.64. The average Bonchev–Trinajstić information content (AvgIpc) is 3.23. The number of carbonyl (C=O) groups excluding carboxylic acids is 1. The summed E-state index contributed by atoms with van der Waals surface area (Å²) in [5.41, 5.74) is 3.81. The van der Waals surface area contributed by atoms with Gasteiger partial charge in [0.1, 0.15) is 11.4 Å². The van der Waals surface area contributed by atoms with Gasteiger partial charge in [-0.15, -0.1) is 0 Å². The third kappa shape index (κ3) is 4.44. The van der Waals surface area contributed by atoms with E-state index in [1.165, 1.54) is 0 Å². The van der Waals surface area contributed by atoms with Crippen molar-refractivity contribution in [2.24, 2.45) is 0 Å². The lowest BCUT2D eigenvalue weighted by Gasteiger charge is -2.12. The maximum absolute atomic E-state index is 12.9. The third-order valence-corrected chi connectivity index (χ3v) is 5.28. The van der Waals surface area contributed by atoms with Crippen molar-refractivity contribution in [1.82, 2.24) is 10.1 Å². The van der Waals surface area contributed by atoms with Gasteiger partial charge in [-0.2, -0.15) is 0 Å². The molecule has 2 aromatic carbocycles. The zero-order chi connectivity index (χ0) is 21.8. The highest BCUT2D eigenvalue weighted by Crippen LogP contribution is 2.38. The van der Waals surface area contributed by atoms with Gasteiger partial charge in [-0.25, -0.2) is 0 Å². The molecule has 1 unspecified atom stereocenters. The fourth-order valence-corrected chi connectivity index (χ4v) is 3.36. The van der Waals surface area contributed by atoms with Crippen LogP contribution < -0.4 is 10.1 Å². The molecule has 0 fully saturated rings. The lowest BCUT2D eigenvalue weighted by molar-refractivity contribution is -0.117. The smallest absolute Gasteiger partial charge is 0.239 e. The second-order valence-electron chi connectivity index (χ2n) is 6.96. The molecule has 0 aliphatic carbocycles. The van der Waals surface area contributed by atoms with Crippen LogP contribution in [-0.4, -0.2) is 23.2 Å². The van der Waals surface area contributed by atoms with Crippen LogP contribution in [0.15, 0.2) is 77.6 Å². The number of nitrogens with zero attached hydrogens (tertiary/aromatic N) is 2. The van der Waals surface area contributed by atoms with Crippen molar-refractivity contribution in [3.8, 4) is 28.1 Å². The molecule has 0 aliphatic rings. The Morgan fingerprint density at radius 3 is 2.32 bits per heavy atom. The first-order valence-electron chi connectivity index (χ1n) is 9.67. The number of methoxy groups -OCH3 is 1. The summed E-state index contributed by atoms with van der Waals surface area (Å²) in [6.45, 7) is 1.82. The van der Waals surface area contributed by atoms with Gasteiger partial charge in [0.2, 0.25) is 11.8 Å². The molecule has 0 spiro atoms. The zero-order valence-electron chi connectivity index (χ0n) is 17.0. The highest BCUT2D eigenvalue weighted by atomic mass is 35.5. The number of pyridine rings is 1. The standard InChI is InChI=1S/C24H20ClN3O3/c1-15(16-3-7-19(25)8-4-16)23(29)27-24-21(17-11-13-26-14-12-17)22(28-31-24)18-5-9-20(30-2)10-6-18/h3-15H,1-2H3,(H,27,29). The van der Waals surface area contributed by atoms with Crippen molar-refractivity contribution in [2.75, 3.05) is 12.4 Å². The van der Waals surface area contributed by atoms with E-state index in [0.717, 1.165) is 22.4 Å². The molecule has 0 aliphatic heterocycles. The fraction of sp³-hybridized carbons (Fsp3) is 0.125. The SMILES string of the molecule is COc1ccc(-c2noc(NC(=O)C(C)c3ccc(Cl)cc3)c2-c2ccncc2)cc1. The molecular weight excluding hydrogens is 414 g/mol. The van der Waals surface area contributed by atoms with Gasteiger partial charge in [0.05, 0.1) is 18.6 Å². The summed E-state index contributed by atoms with van der Waals surface area (Å²) in [7, 11) is 1.61. The quantitative estimate of drug-likeness (QED) is 0.415. The van der Waals surface area contributed by atoms with E-state index in [2.05, 4.69) is 15.5 Å². The molecule has 1 atom stereocenters. The Bertz CT molecular complexity index is 1170. The summed E-state index contributed by atoms with van der Waals surface area (Å²) in [4.78, 5) is 17.0. The van der Waals surface area contributed by atoms with Crippen molar-refractivity contribution in [2.45, 2.75) is 12.8 Å². The molecule has 0 saturated carbocycles. The Morgan fingerprint density at radius 2 is 1.68 bits per heavy atom. The minimum atomic E-state index is -0.405. The largest absolute Gasteiger partial charge is 0.497 e. The summed E-state index contributed by atoms with van der Waals surface area (Å²) in [5.74, 6) is 0.401. The van der Waals surface area contributed by atoms with E-state index in [1.54, 1.807) is 31.6 Å². The molecule has 4 rings (SSSR count). The molecule has 31 heavy (non-hydrogen) atoms. The Kier molecular flexibility index (Phi) is 6.00. The second kappa shape index (κ2) is 9.02. The molecule has 156 valence electrons. The molecule has 2 aromatic heterocycles. The van der Waals surface area contributed by atoms with Gasteiger partial charge in [0.25, 0.3) is 0 Å². The topological polar surface area (TPSA) is 77.3 Å². The normalized spacial score (nSPS) is 11.7.